The van der Waals surface area contributed by atoms with Gasteiger partial charge in [0.05, 0.1) is 0 Å². The molecule has 0 bridgehead atoms. The highest BCUT2D eigenvalue weighted by molar-refractivity contribution is 7.13. The molecule has 0 nitrogen and oxygen atoms in total. The first-order valence-corrected chi connectivity index (χ1v) is 4.40. The van der Waals surface area contributed by atoms with E-state index in [4.69, 9.17) is 0 Å². The fraction of sp³-hybridized carbons (Fsp3) is 0. The van der Waals surface area contributed by atoms with Crippen molar-refractivity contribution in [3.8, 4) is 10.4 Å². The molecule has 1 radical (unpaired) electrons. The molecule has 1 aromatic heterocycles. The predicted molar refractivity (Wildman–Crippen MR) is 48.5 cm³/mol. The summed E-state index contributed by atoms with van der Waals surface area (Å²) in [5.41, 5.74) is 0.918. The van der Waals surface area contributed by atoms with Crippen LogP contribution in [0.15, 0.2) is 36.4 Å². The standard InChI is InChI=1S/C10H6FS/c11-9-4-1-3-8(7-9)10-5-2-6-12-10/h1-5,7H. The molecule has 0 atom stereocenters. The Kier molecular flexibility index (Phi) is 1.92. The summed E-state index contributed by atoms with van der Waals surface area (Å²) in [7, 11) is 0. The van der Waals surface area contributed by atoms with Gasteiger partial charge in [-0.3, -0.25) is 0 Å². The van der Waals surface area contributed by atoms with Crippen molar-refractivity contribution >= 4 is 11.3 Å². The van der Waals surface area contributed by atoms with Crippen molar-refractivity contribution in [1.82, 2.24) is 0 Å². The van der Waals surface area contributed by atoms with Gasteiger partial charge in [-0.1, -0.05) is 12.1 Å². The Labute approximate surface area is 74.3 Å². The van der Waals surface area contributed by atoms with Crippen LogP contribution < -0.4 is 0 Å². The number of hydrogen-bond donors (Lipinski definition) is 0. The van der Waals surface area contributed by atoms with Crippen molar-refractivity contribution in [1.29, 1.82) is 0 Å². The molecule has 0 amide bonds. The first-order valence-electron chi connectivity index (χ1n) is 3.58. The van der Waals surface area contributed by atoms with Crippen molar-refractivity contribution < 1.29 is 4.39 Å². The monoisotopic (exact) mass is 177 g/mol. The Bertz CT molecular complexity index is 365. The largest absolute Gasteiger partial charge is 0.207 e. The lowest BCUT2D eigenvalue weighted by atomic mass is 10.2. The summed E-state index contributed by atoms with van der Waals surface area (Å²) in [6, 6.07) is 10.3. The predicted octanol–water partition coefficient (Wildman–Crippen LogP) is 3.35. The maximum absolute atomic E-state index is 12.8. The average Bonchev–Trinajstić information content (AvgIpc) is 2.56. The number of halogens is 1. The van der Waals surface area contributed by atoms with Gasteiger partial charge in [0.15, 0.2) is 0 Å². The third-order valence-corrected chi connectivity index (χ3v) is 2.43. The highest BCUT2D eigenvalue weighted by Crippen LogP contribution is 2.24. The molecule has 0 fully saturated rings. The second-order valence-corrected chi connectivity index (χ2v) is 3.31. The van der Waals surface area contributed by atoms with E-state index in [1.54, 1.807) is 6.07 Å². The summed E-state index contributed by atoms with van der Waals surface area (Å²) in [6.45, 7) is 0. The van der Waals surface area contributed by atoms with E-state index in [0.29, 0.717) is 0 Å². The van der Waals surface area contributed by atoms with Gasteiger partial charge in [0.1, 0.15) is 5.82 Å². The molecule has 0 unspecified atom stereocenters. The topological polar surface area (TPSA) is 0 Å². The van der Waals surface area contributed by atoms with Crippen molar-refractivity contribution in [2.75, 3.05) is 0 Å². The molecular formula is C10H6FS. The summed E-state index contributed by atoms with van der Waals surface area (Å²) >= 11 is 1.49. The summed E-state index contributed by atoms with van der Waals surface area (Å²) < 4.78 is 12.8. The lowest BCUT2D eigenvalue weighted by Crippen LogP contribution is -1.74. The lowest BCUT2D eigenvalue weighted by Gasteiger charge is -1.95. The van der Waals surface area contributed by atoms with Crippen molar-refractivity contribution in [3.05, 3.63) is 47.6 Å². The van der Waals surface area contributed by atoms with Crippen LogP contribution in [0.3, 0.4) is 0 Å². The summed E-state index contributed by atoms with van der Waals surface area (Å²) in [4.78, 5) is 1.05. The maximum atomic E-state index is 12.8. The van der Waals surface area contributed by atoms with Crippen LogP contribution in [0.1, 0.15) is 0 Å². The molecule has 2 aromatic rings. The third kappa shape index (κ3) is 1.38. The van der Waals surface area contributed by atoms with Crippen LogP contribution in [-0.4, -0.2) is 0 Å². The SMILES string of the molecule is Fc1cccc(-c2cc[c]s2)c1. The molecule has 0 aliphatic heterocycles. The van der Waals surface area contributed by atoms with Gasteiger partial charge in [0, 0.05) is 10.3 Å². The average molecular weight is 177 g/mol. The summed E-state index contributed by atoms with van der Waals surface area (Å²) in [5.74, 6) is -0.194. The lowest BCUT2D eigenvalue weighted by molar-refractivity contribution is 0.628. The highest BCUT2D eigenvalue weighted by atomic mass is 32.1. The number of thiophene rings is 1. The van der Waals surface area contributed by atoms with Gasteiger partial charge in [-0.05, 0) is 29.8 Å². The van der Waals surface area contributed by atoms with Gasteiger partial charge in [-0.25, -0.2) is 4.39 Å². The first kappa shape index (κ1) is 7.50. The zero-order valence-corrected chi connectivity index (χ0v) is 7.07. The maximum Gasteiger partial charge on any atom is 0.123 e. The molecule has 59 valence electrons. The molecule has 2 heteroatoms. The Morgan fingerprint density at radius 3 is 2.83 bits per heavy atom. The van der Waals surface area contributed by atoms with E-state index in [1.165, 1.54) is 23.5 Å². The van der Waals surface area contributed by atoms with Gasteiger partial charge in [0.25, 0.3) is 0 Å². The Morgan fingerprint density at radius 1 is 1.25 bits per heavy atom. The van der Waals surface area contributed by atoms with Crippen LogP contribution >= 0.6 is 11.3 Å². The van der Waals surface area contributed by atoms with Crippen LogP contribution in [0, 0.1) is 11.2 Å². The van der Waals surface area contributed by atoms with Crippen molar-refractivity contribution in [2.45, 2.75) is 0 Å². The van der Waals surface area contributed by atoms with Crippen molar-refractivity contribution in [3.63, 3.8) is 0 Å². The van der Waals surface area contributed by atoms with Gasteiger partial charge in [0.2, 0.25) is 0 Å². The van der Waals surface area contributed by atoms with Gasteiger partial charge < -0.3 is 0 Å². The highest BCUT2D eigenvalue weighted by Gasteiger charge is 1.98. The van der Waals surface area contributed by atoms with E-state index in [2.05, 4.69) is 5.38 Å². The van der Waals surface area contributed by atoms with E-state index in [0.717, 1.165) is 10.4 Å². The van der Waals surface area contributed by atoms with Gasteiger partial charge in [-0.15, -0.1) is 11.3 Å². The number of hydrogen-bond acceptors (Lipinski definition) is 1. The zero-order chi connectivity index (χ0) is 8.39. The van der Waals surface area contributed by atoms with Crippen LogP contribution in [0.2, 0.25) is 0 Å². The fourth-order valence-electron chi connectivity index (χ4n) is 1.04. The molecule has 0 spiro atoms. The molecule has 0 saturated heterocycles. The van der Waals surface area contributed by atoms with Crippen LogP contribution in [0.5, 0.6) is 0 Å². The van der Waals surface area contributed by atoms with Gasteiger partial charge >= 0.3 is 0 Å². The summed E-state index contributed by atoms with van der Waals surface area (Å²) in [6.07, 6.45) is 0. The normalized spacial score (nSPS) is 10.1. The fourth-order valence-corrected chi connectivity index (χ4v) is 1.68. The third-order valence-electron chi connectivity index (χ3n) is 1.58. The van der Waals surface area contributed by atoms with Gasteiger partial charge in [-0.2, -0.15) is 0 Å². The van der Waals surface area contributed by atoms with E-state index in [9.17, 15) is 4.39 Å². The molecule has 0 saturated carbocycles. The summed E-state index contributed by atoms with van der Waals surface area (Å²) in [5, 5.41) is 2.97. The molecular weight excluding hydrogens is 171 g/mol. The van der Waals surface area contributed by atoms with E-state index < -0.39 is 0 Å². The number of benzene rings is 1. The van der Waals surface area contributed by atoms with Crippen molar-refractivity contribution in [2.24, 2.45) is 0 Å². The molecule has 2 rings (SSSR count). The first-order chi connectivity index (χ1) is 5.86. The Balaban J connectivity index is 2.48. The van der Waals surface area contributed by atoms with E-state index in [-0.39, 0.29) is 5.82 Å². The minimum atomic E-state index is -0.194. The van der Waals surface area contributed by atoms with E-state index >= 15 is 0 Å². The minimum Gasteiger partial charge on any atom is -0.207 e. The Hall–Kier alpha value is -1.15. The van der Waals surface area contributed by atoms with Crippen LogP contribution in [0.4, 0.5) is 4.39 Å². The molecule has 0 N–H and O–H groups in total. The molecule has 1 aromatic carbocycles. The number of rotatable bonds is 1. The molecule has 1 heterocycles. The zero-order valence-electron chi connectivity index (χ0n) is 6.25. The smallest absolute Gasteiger partial charge is 0.123 e. The van der Waals surface area contributed by atoms with E-state index in [1.807, 2.05) is 18.2 Å². The van der Waals surface area contributed by atoms with Crippen LogP contribution in [0.25, 0.3) is 10.4 Å². The van der Waals surface area contributed by atoms with Crippen LogP contribution in [-0.2, 0) is 0 Å². The second-order valence-electron chi connectivity index (χ2n) is 2.43. The molecule has 0 aliphatic rings. The molecule has 0 aliphatic carbocycles. The second kappa shape index (κ2) is 3.07. The minimum absolute atomic E-state index is 0.194. The quantitative estimate of drug-likeness (QED) is 0.626. The Morgan fingerprint density at radius 2 is 2.17 bits per heavy atom. The molecule has 12 heavy (non-hydrogen) atoms.